The molecule has 2 aromatic heterocycles. The van der Waals surface area contributed by atoms with Crippen molar-refractivity contribution in [3.63, 3.8) is 0 Å². The molecular formula is C24H29N3O4S. The Morgan fingerprint density at radius 2 is 1.94 bits per heavy atom. The topological polar surface area (TPSA) is 112 Å². The van der Waals surface area contributed by atoms with Gasteiger partial charge in [0.25, 0.3) is 5.91 Å². The van der Waals surface area contributed by atoms with Gasteiger partial charge in [0.2, 0.25) is 0 Å². The quantitative estimate of drug-likeness (QED) is 0.482. The van der Waals surface area contributed by atoms with E-state index in [0.717, 1.165) is 23.1 Å². The van der Waals surface area contributed by atoms with Crippen molar-refractivity contribution in [3.8, 4) is 0 Å². The molecule has 8 heteroatoms. The van der Waals surface area contributed by atoms with Crippen LogP contribution in [0.5, 0.6) is 0 Å². The van der Waals surface area contributed by atoms with E-state index in [4.69, 9.17) is 5.11 Å². The van der Waals surface area contributed by atoms with E-state index in [2.05, 4.69) is 15.3 Å². The summed E-state index contributed by atoms with van der Waals surface area (Å²) in [5.74, 6) is 0.455. The van der Waals surface area contributed by atoms with Crippen molar-refractivity contribution in [1.82, 2.24) is 15.3 Å². The van der Waals surface area contributed by atoms with Crippen LogP contribution in [0.25, 0.3) is 11.0 Å². The molecule has 0 radical (unpaired) electrons. The number of sulfone groups is 1. The predicted octanol–water partition coefficient (Wildman–Crippen LogP) is 3.40. The van der Waals surface area contributed by atoms with Gasteiger partial charge in [-0.3, -0.25) is 4.79 Å². The number of amides is 1. The van der Waals surface area contributed by atoms with Crippen LogP contribution >= 0.6 is 0 Å². The van der Waals surface area contributed by atoms with Gasteiger partial charge in [-0.2, -0.15) is 0 Å². The second kappa shape index (κ2) is 9.42. The Hall–Kier alpha value is -2.71. The van der Waals surface area contributed by atoms with Crippen LogP contribution in [-0.4, -0.2) is 48.8 Å². The Bertz CT molecular complexity index is 1200. The molecule has 1 amide bonds. The molecule has 170 valence electrons. The molecule has 7 nitrogen and oxygen atoms in total. The minimum absolute atomic E-state index is 0.0903. The first-order valence-corrected chi connectivity index (χ1v) is 12.9. The lowest BCUT2D eigenvalue weighted by Gasteiger charge is -2.20. The van der Waals surface area contributed by atoms with Crippen molar-refractivity contribution < 1.29 is 18.3 Å². The maximum absolute atomic E-state index is 12.2. The van der Waals surface area contributed by atoms with Gasteiger partial charge in [-0.1, -0.05) is 37.8 Å². The molecule has 0 saturated heterocycles. The molecule has 1 saturated carbocycles. The number of H-pyrrole nitrogens is 1. The summed E-state index contributed by atoms with van der Waals surface area (Å²) in [6.45, 7) is 0.0822. The first-order chi connectivity index (χ1) is 15.3. The SMILES string of the molecule is CS(=O)(=O)c1ccc(C(CC2CCCC2)c2cc3cc(C(=O)NCCO)cnc3[nH]2)cc1. The van der Waals surface area contributed by atoms with Crippen LogP contribution in [0.15, 0.2) is 47.5 Å². The zero-order valence-electron chi connectivity index (χ0n) is 18.2. The number of pyridine rings is 1. The molecule has 1 aliphatic carbocycles. The van der Waals surface area contributed by atoms with Gasteiger partial charge in [0.15, 0.2) is 9.84 Å². The Labute approximate surface area is 188 Å². The van der Waals surface area contributed by atoms with Crippen molar-refractivity contribution in [3.05, 3.63) is 59.4 Å². The number of aliphatic hydroxyl groups excluding tert-OH is 1. The van der Waals surface area contributed by atoms with Crippen molar-refractivity contribution >= 4 is 26.8 Å². The zero-order valence-corrected chi connectivity index (χ0v) is 19.0. The monoisotopic (exact) mass is 455 g/mol. The minimum Gasteiger partial charge on any atom is -0.395 e. The van der Waals surface area contributed by atoms with E-state index in [1.54, 1.807) is 18.2 Å². The number of nitrogens with zero attached hydrogens (tertiary/aromatic N) is 1. The second-order valence-electron chi connectivity index (χ2n) is 8.65. The van der Waals surface area contributed by atoms with Crippen molar-refractivity contribution in [2.75, 3.05) is 19.4 Å². The highest BCUT2D eigenvalue weighted by atomic mass is 32.2. The van der Waals surface area contributed by atoms with E-state index in [9.17, 15) is 13.2 Å². The summed E-state index contributed by atoms with van der Waals surface area (Å²) in [5.41, 5.74) is 3.24. The van der Waals surface area contributed by atoms with Crippen LogP contribution in [0.1, 0.15) is 59.6 Å². The third kappa shape index (κ3) is 5.02. The predicted molar refractivity (Wildman–Crippen MR) is 123 cm³/mol. The molecule has 1 unspecified atom stereocenters. The van der Waals surface area contributed by atoms with E-state index in [-0.39, 0.29) is 25.0 Å². The molecule has 0 bridgehead atoms. The molecule has 0 aliphatic heterocycles. The van der Waals surface area contributed by atoms with E-state index in [0.29, 0.717) is 22.0 Å². The maximum atomic E-state index is 12.2. The van der Waals surface area contributed by atoms with Crippen LogP contribution in [0.2, 0.25) is 0 Å². The Kier molecular flexibility index (Phi) is 6.62. The van der Waals surface area contributed by atoms with Crippen LogP contribution < -0.4 is 5.32 Å². The largest absolute Gasteiger partial charge is 0.395 e. The number of aliphatic hydroxyl groups is 1. The van der Waals surface area contributed by atoms with E-state index < -0.39 is 9.84 Å². The summed E-state index contributed by atoms with van der Waals surface area (Å²) < 4.78 is 23.7. The zero-order chi connectivity index (χ0) is 22.7. The second-order valence-corrected chi connectivity index (χ2v) is 10.7. The normalized spacial score (nSPS) is 15.8. The van der Waals surface area contributed by atoms with Gasteiger partial charge in [0.1, 0.15) is 5.65 Å². The van der Waals surface area contributed by atoms with Crippen molar-refractivity contribution in [2.45, 2.75) is 42.9 Å². The van der Waals surface area contributed by atoms with Crippen molar-refractivity contribution in [2.24, 2.45) is 5.92 Å². The number of hydrogen-bond donors (Lipinski definition) is 3. The summed E-state index contributed by atoms with van der Waals surface area (Å²) in [7, 11) is -3.24. The lowest BCUT2D eigenvalue weighted by atomic mass is 9.85. The average molecular weight is 456 g/mol. The Morgan fingerprint density at radius 1 is 1.22 bits per heavy atom. The van der Waals surface area contributed by atoms with E-state index >= 15 is 0 Å². The number of carbonyl (C=O) groups excluding carboxylic acids is 1. The van der Waals surface area contributed by atoms with Gasteiger partial charge >= 0.3 is 0 Å². The first kappa shape index (κ1) is 22.5. The van der Waals surface area contributed by atoms with Crippen molar-refractivity contribution in [1.29, 1.82) is 0 Å². The van der Waals surface area contributed by atoms with E-state index in [1.165, 1.54) is 38.1 Å². The molecule has 4 rings (SSSR count). The van der Waals surface area contributed by atoms with Gasteiger partial charge in [-0.25, -0.2) is 13.4 Å². The summed E-state index contributed by atoms with van der Waals surface area (Å²) in [6, 6.07) is 11.0. The maximum Gasteiger partial charge on any atom is 0.252 e. The third-order valence-electron chi connectivity index (χ3n) is 6.28. The van der Waals surface area contributed by atoms with Crippen LogP contribution in [0, 0.1) is 5.92 Å². The molecule has 2 heterocycles. The molecular weight excluding hydrogens is 426 g/mol. The molecule has 1 atom stereocenters. The lowest BCUT2D eigenvalue weighted by molar-refractivity contribution is 0.0944. The highest BCUT2D eigenvalue weighted by Gasteiger charge is 2.25. The molecule has 32 heavy (non-hydrogen) atoms. The highest BCUT2D eigenvalue weighted by Crippen LogP contribution is 2.38. The third-order valence-corrected chi connectivity index (χ3v) is 7.41. The number of aromatic nitrogens is 2. The Balaban J connectivity index is 1.67. The summed E-state index contributed by atoms with van der Waals surface area (Å²) in [5, 5.41) is 12.4. The van der Waals surface area contributed by atoms with E-state index in [1.807, 2.05) is 18.2 Å². The standard InChI is InChI=1S/C24H29N3O4S/c1-32(30,31)20-8-6-17(7-9-20)21(12-16-4-2-3-5-16)22-14-18-13-19(15-26-23(18)27-22)24(29)25-10-11-28/h6-9,13-16,21,28H,2-5,10-12H2,1H3,(H,25,29)(H,26,27). The van der Waals surface area contributed by atoms with Crippen LogP contribution in [0.3, 0.4) is 0 Å². The number of fused-ring (bicyclic) bond motifs is 1. The van der Waals surface area contributed by atoms with Gasteiger partial charge in [-0.15, -0.1) is 0 Å². The number of carbonyl (C=O) groups is 1. The summed E-state index contributed by atoms with van der Waals surface area (Å²) in [4.78, 5) is 20.4. The summed E-state index contributed by atoms with van der Waals surface area (Å²) >= 11 is 0. The van der Waals surface area contributed by atoms with Gasteiger partial charge in [0, 0.05) is 36.0 Å². The molecule has 1 fully saturated rings. The highest BCUT2D eigenvalue weighted by molar-refractivity contribution is 7.90. The minimum atomic E-state index is -3.24. The average Bonchev–Trinajstić information content (AvgIpc) is 3.44. The molecule has 3 N–H and O–H groups in total. The number of nitrogens with one attached hydrogen (secondary N) is 2. The molecule has 1 aliphatic rings. The molecule has 0 spiro atoms. The van der Waals surface area contributed by atoms with Gasteiger partial charge in [-0.05, 0) is 42.2 Å². The number of aromatic amines is 1. The number of benzene rings is 1. The molecule has 1 aromatic carbocycles. The fourth-order valence-corrected chi connectivity index (χ4v) is 5.22. The smallest absolute Gasteiger partial charge is 0.252 e. The summed E-state index contributed by atoms with van der Waals surface area (Å²) in [6.07, 6.45) is 8.67. The fourth-order valence-electron chi connectivity index (χ4n) is 4.59. The Morgan fingerprint density at radius 3 is 2.59 bits per heavy atom. The molecule has 3 aromatic rings. The van der Waals surface area contributed by atoms with Crippen LogP contribution in [-0.2, 0) is 9.84 Å². The fraction of sp³-hybridized carbons (Fsp3) is 0.417. The number of rotatable bonds is 8. The van der Waals surface area contributed by atoms with Crippen LogP contribution in [0.4, 0.5) is 0 Å². The number of hydrogen-bond acceptors (Lipinski definition) is 5. The first-order valence-electron chi connectivity index (χ1n) is 11.0. The van der Waals surface area contributed by atoms with Gasteiger partial charge in [0.05, 0.1) is 17.1 Å². The lowest BCUT2D eigenvalue weighted by Crippen LogP contribution is -2.26. The van der Waals surface area contributed by atoms with Gasteiger partial charge < -0.3 is 15.4 Å².